The van der Waals surface area contributed by atoms with E-state index in [2.05, 4.69) is 5.10 Å². The van der Waals surface area contributed by atoms with Gasteiger partial charge < -0.3 is 5.11 Å². The monoisotopic (exact) mass is 222 g/mol. The molecule has 0 bridgehead atoms. The van der Waals surface area contributed by atoms with Gasteiger partial charge in [0, 0.05) is 12.4 Å². The maximum atomic E-state index is 10.8. The SMILES string of the molecule is O=C(O)c1ccc(Cl)c(-n2cccn2)c1. The summed E-state index contributed by atoms with van der Waals surface area (Å²) < 4.78 is 1.52. The summed E-state index contributed by atoms with van der Waals surface area (Å²) in [7, 11) is 0. The van der Waals surface area contributed by atoms with Gasteiger partial charge in [-0.05, 0) is 24.3 Å². The van der Waals surface area contributed by atoms with Crippen molar-refractivity contribution in [1.82, 2.24) is 9.78 Å². The van der Waals surface area contributed by atoms with Crippen molar-refractivity contribution in [3.8, 4) is 5.69 Å². The van der Waals surface area contributed by atoms with Crippen LogP contribution >= 0.6 is 11.6 Å². The highest BCUT2D eigenvalue weighted by Crippen LogP contribution is 2.21. The summed E-state index contributed by atoms with van der Waals surface area (Å²) in [6.45, 7) is 0. The fourth-order valence-corrected chi connectivity index (χ4v) is 1.44. The van der Waals surface area contributed by atoms with Gasteiger partial charge in [-0.25, -0.2) is 9.48 Å². The van der Waals surface area contributed by atoms with Crippen molar-refractivity contribution >= 4 is 17.6 Å². The molecule has 15 heavy (non-hydrogen) atoms. The zero-order valence-corrected chi connectivity index (χ0v) is 8.35. The third-order valence-corrected chi connectivity index (χ3v) is 2.26. The van der Waals surface area contributed by atoms with Gasteiger partial charge in [-0.1, -0.05) is 11.6 Å². The molecule has 1 aromatic carbocycles. The molecule has 0 aliphatic heterocycles. The predicted molar refractivity (Wildman–Crippen MR) is 55.5 cm³/mol. The lowest BCUT2D eigenvalue weighted by molar-refractivity contribution is 0.0697. The lowest BCUT2D eigenvalue weighted by Crippen LogP contribution is -2.01. The van der Waals surface area contributed by atoms with E-state index in [-0.39, 0.29) is 5.56 Å². The van der Waals surface area contributed by atoms with Crippen LogP contribution in [0.25, 0.3) is 5.69 Å². The number of carboxylic acids is 1. The number of benzene rings is 1. The van der Waals surface area contributed by atoms with Crippen LogP contribution in [-0.4, -0.2) is 20.9 Å². The van der Waals surface area contributed by atoms with Crippen LogP contribution in [0.2, 0.25) is 5.02 Å². The van der Waals surface area contributed by atoms with Gasteiger partial charge in [0.1, 0.15) is 0 Å². The Kier molecular flexibility index (Phi) is 2.43. The first-order valence-corrected chi connectivity index (χ1v) is 4.59. The van der Waals surface area contributed by atoms with Crippen LogP contribution in [0.1, 0.15) is 10.4 Å². The highest BCUT2D eigenvalue weighted by Gasteiger charge is 2.08. The minimum Gasteiger partial charge on any atom is -0.478 e. The highest BCUT2D eigenvalue weighted by molar-refractivity contribution is 6.32. The van der Waals surface area contributed by atoms with Gasteiger partial charge in [0.25, 0.3) is 0 Å². The molecule has 0 amide bonds. The van der Waals surface area contributed by atoms with Crippen molar-refractivity contribution < 1.29 is 9.90 Å². The van der Waals surface area contributed by atoms with E-state index in [0.29, 0.717) is 10.7 Å². The van der Waals surface area contributed by atoms with E-state index in [0.717, 1.165) is 0 Å². The Balaban J connectivity index is 2.55. The summed E-state index contributed by atoms with van der Waals surface area (Å²) in [5, 5.41) is 13.3. The first-order valence-electron chi connectivity index (χ1n) is 4.21. The molecule has 0 spiro atoms. The molecule has 0 saturated heterocycles. The first-order chi connectivity index (χ1) is 7.18. The Morgan fingerprint density at radius 2 is 2.27 bits per heavy atom. The molecule has 0 aliphatic carbocycles. The molecule has 0 radical (unpaired) electrons. The van der Waals surface area contributed by atoms with Crippen molar-refractivity contribution in [2.45, 2.75) is 0 Å². The molecule has 2 aromatic rings. The van der Waals surface area contributed by atoms with Crippen molar-refractivity contribution in [1.29, 1.82) is 0 Å². The van der Waals surface area contributed by atoms with Gasteiger partial charge in [-0.2, -0.15) is 5.10 Å². The quantitative estimate of drug-likeness (QED) is 0.848. The Morgan fingerprint density at radius 3 is 2.87 bits per heavy atom. The lowest BCUT2D eigenvalue weighted by atomic mass is 10.2. The van der Waals surface area contributed by atoms with Crippen LogP contribution in [0.15, 0.2) is 36.7 Å². The summed E-state index contributed by atoms with van der Waals surface area (Å²) in [5.41, 5.74) is 0.742. The van der Waals surface area contributed by atoms with Crippen molar-refractivity contribution in [2.24, 2.45) is 0 Å². The second-order valence-corrected chi connectivity index (χ2v) is 3.33. The summed E-state index contributed by atoms with van der Waals surface area (Å²) in [4.78, 5) is 10.8. The standard InChI is InChI=1S/C10H7ClN2O2/c11-8-3-2-7(10(14)15)6-9(8)13-5-1-4-12-13/h1-6H,(H,14,15). The van der Waals surface area contributed by atoms with Gasteiger partial charge in [0.05, 0.1) is 16.3 Å². The van der Waals surface area contributed by atoms with E-state index < -0.39 is 5.97 Å². The van der Waals surface area contributed by atoms with Crippen molar-refractivity contribution in [3.63, 3.8) is 0 Å². The number of carboxylic acid groups (broad SMARTS) is 1. The number of hydrogen-bond acceptors (Lipinski definition) is 2. The second kappa shape index (κ2) is 3.74. The Bertz CT molecular complexity index is 494. The van der Waals surface area contributed by atoms with Gasteiger partial charge in [0.2, 0.25) is 0 Å². The third kappa shape index (κ3) is 1.85. The fraction of sp³-hybridized carbons (Fsp3) is 0. The molecule has 1 aromatic heterocycles. The van der Waals surface area contributed by atoms with Crippen LogP contribution in [0.4, 0.5) is 0 Å². The van der Waals surface area contributed by atoms with Crippen LogP contribution in [0.3, 0.4) is 0 Å². The average Bonchev–Trinajstić information content (AvgIpc) is 2.71. The Hall–Kier alpha value is -1.81. The topological polar surface area (TPSA) is 55.1 Å². The summed E-state index contributed by atoms with van der Waals surface area (Å²) in [6, 6.07) is 6.22. The molecule has 0 unspecified atom stereocenters. The highest BCUT2D eigenvalue weighted by atomic mass is 35.5. The number of nitrogens with zero attached hydrogens (tertiary/aromatic N) is 2. The minimum absolute atomic E-state index is 0.185. The molecule has 1 heterocycles. The lowest BCUT2D eigenvalue weighted by Gasteiger charge is -2.05. The van der Waals surface area contributed by atoms with E-state index in [1.165, 1.54) is 16.8 Å². The third-order valence-electron chi connectivity index (χ3n) is 1.94. The summed E-state index contributed by atoms with van der Waals surface area (Å²) >= 11 is 5.94. The molecule has 76 valence electrons. The molecule has 2 rings (SSSR count). The van der Waals surface area contributed by atoms with Crippen LogP contribution in [0, 0.1) is 0 Å². The molecule has 0 fully saturated rings. The number of hydrogen-bond donors (Lipinski definition) is 1. The normalized spacial score (nSPS) is 10.2. The summed E-state index contributed by atoms with van der Waals surface area (Å²) in [6.07, 6.45) is 3.30. The number of rotatable bonds is 2. The van der Waals surface area contributed by atoms with Crippen molar-refractivity contribution in [2.75, 3.05) is 0 Å². The van der Waals surface area contributed by atoms with E-state index in [1.807, 2.05) is 0 Å². The smallest absolute Gasteiger partial charge is 0.335 e. The molecule has 0 aliphatic rings. The maximum absolute atomic E-state index is 10.8. The van der Waals surface area contributed by atoms with Gasteiger partial charge in [0.15, 0.2) is 0 Å². The zero-order chi connectivity index (χ0) is 10.8. The first kappa shape index (κ1) is 9.73. The van der Waals surface area contributed by atoms with Gasteiger partial charge >= 0.3 is 5.97 Å². The molecule has 5 heteroatoms. The number of aromatic nitrogens is 2. The van der Waals surface area contributed by atoms with Gasteiger partial charge in [-0.3, -0.25) is 0 Å². The van der Waals surface area contributed by atoms with Crippen LogP contribution in [-0.2, 0) is 0 Å². The largest absolute Gasteiger partial charge is 0.478 e. The minimum atomic E-state index is -0.986. The Labute approximate surface area is 90.7 Å². The van der Waals surface area contributed by atoms with Gasteiger partial charge in [-0.15, -0.1) is 0 Å². The molecular weight excluding hydrogens is 216 g/mol. The summed E-state index contributed by atoms with van der Waals surface area (Å²) in [5.74, 6) is -0.986. The number of carbonyl (C=O) groups is 1. The Morgan fingerprint density at radius 1 is 1.47 bits per heavy atom. The van der Waals surface area contributed by atoms with E-state index in [4.69, 9.17) is 16.7 Å². The van der Waals surface area contributed by atoms with Crippen LogP contribution < -0.4 is 0 Å². The van der Waals surface area contributed by atoms with E-state index >= 15 is 0 Å². The zero-order valence-electron chi connectivity index (χ0n) is 7.59. The average molecular weight is 223 g/mol. The van der Waals surface area contributed by atoms with E-state index in [9.17, 15) is 4.79 Å². The maximum Gasteiger partial charge on any atom is 0.335 e. The second-order valence-electron chi connectivity index (χ2n) is 2.92. The van der Waals surface area contributed by atoms with Crippen LogP contribution in [0.5, 0.6) is 0 Å². The molecule has 0 saturated carbocycles. The predicted octanol–water partition coefficient (Wildman–Crippen LogP) is 2.22. The van der Waals surface area contributed by atoms with E-state index in [1.54, 1.807) is 24.5 Å². The number of halogens is 1. The molecule has 4 nitrogen and oxygen atoms in total. The fourth-order valence-electron chi connectivity index (χ4n) is 1.23. The number of aromatic carboxylic acids is 1. The molecule has 0 atom stereocenters. The van der Waals surface area contributed by atoms with Crippen molar-refractivity contribution in [3.05, 3.63) is 47.2 Å². The molecule has 1 N–H and O–H groups in total. The molecular formula is C10H7ClN2O2.